The molecule has 1 rings (SSSR count). The largest absolute Gasteiger partial charge is 0.393 e. The van der Waals surface area contributed by atoms with Crippen LogP contribution in [0.15, 0.2) is 0 Å². The van der Waals surface area contributed by atoms with Gasteiger partial charge in [0.05, 0.1) is 6.10 Å². The van der Waals surface area contributed by atoms with Crippen LogP contribution in [-0.4, -0.2) is 35.2 Å². The zero-order valence-electron chi connectivity index (χ0n) is 7.45. The van der Waals surface area contributed by atoms with Gasteiger partial charge >= 0.3 is 0 Å². The summed E-state index contributed by atoms with van der Waals surface area (Å²) >= 11 is 0. The van der Waals surface area contributed by atoms with Crippen molar-refractivity contribution in [2.75, 3.05) is 13.1 Å². The summed E-state index contributed by atoms with van der Waals surface area (Å²) in [5.41, 5.74) is 5.36. The zero-order chi connectivity index (χ0) is 9.14. The Morgan fingerprint density at radius 3 is 2.92 bits per heavy atom. The maximum atomic E-state index is 9.53. The molecule has 0 aromatic carbocycles. The molecule has 0 unspecified atom stereocenters. The van der Waals surface area contributed by atoms with E-state index in [1.165, 1.54) is 0 Å². The lowest BCUT2D eigenvalue weighted by atomic mass is 9.93. The highest BCUT2D eigenvalue weighted by Crippen LogP contribution is 2.19. The van der Waals surface area contributed by atoms with Gasteiger partial charge in [-0.2, -0.15) is 0 Å². The van der Waals surface area contributed by atoms with E-state index in [0.29, 0.717) is 6.54 Å². The van der Waals surface area contributed by atoms with Gasteiger partial charge in [-0.1, -0.05) is 6.92 Å². The molecule has 0 bridgehead atoms. The van der Waals surface area contributed by atoms with Gasteiger partial charge < -0.3 is 15.7 Å². The predicted octanol–water partition coefficient (Wildman–Crippen LogP) is -0.0273. The van der Waals surface area contributed by atoms with Crippen LogP contribution in [-0.2, 0) is 0 Å². The quantitative estimate of drug-likeness (QED) is 0.383. The molecule has 0 aliphatic carbocycles. The predicted molar refractivity (Wildman–Crippen MR) is 47.9 cm³/mol. The summed E-state index contributed by atoms with van der Waals surface area (Å²) in [6.07, 6.45) is 1.48. The van der Waals surface area contributed by atoms with Gasteiger partial charge in [0.15, 0.2) is 5.96 Å². The van der Waals surface area contributed by atoms with Gasteiger partial charge in [-0.05, 0) is 12.8 Å². The second kappa shape index (κ2) is 3.76. The molecule has 0 spiro atoms. The number of nitrogens with two attached hydrogens (primary N) is 1. The molecule has 4 heteroatoms. The average Bonchev–Trinajstić information content (AvgIpc) is 2.05. The molecule has 0 amide bonds. The Hall–Kier alpha value is -0.770. The summed E-state index contributed by atoms with van der Waals surface area (Å²) in [6, 6.07) is 0. The van der Waals surface area contributed by atoms with Crippen molar-refractivity contribution in [2.45, 2.75) is 25.9 Å². The van der Waals surface area contributed by atoms with Crippen molar-refractivity contribution in [3.63, 3.8) is 0 Å². The summed E-state index contributed by atoms with van der Waals surface area (Å²) in [7, 11) is 0. The fraction of sp³-hybridized carbons (Fsp3) is 0.875. The van der Waals surface area contributed by atoms with E-state index in [0.717, 1.165) is 19.4 Å². The van der Waals surface area contributed by atoms with Crippen LogP contribution in [0, 0.1) is 11.3 Å². The fourth-order valence-electron chi connectivity index (χ4n) is 1.64. The topological polar surface area (TPSA) is 73.3 Å². The highest BCUT2D eigenvalue weighted by Gasteiger charge is 2.26. The van der Waals surface area contributed by atoms with E-state index in [2.05, 4.69) is 6.92 Å². The maximum Gasteiger partial charge on any atom is 0.188 e. The first kappa shape index (κ1) is 9.32. The van der Waals surface area contributed by atoms with Crippen LogP contribution in [0.1, 0.15) is 19.8 Å². The van der Waals surface area contributed by atoms with Crippen molar-refractivity contribution >= 4 is 5.96 Å². The molecule has 1 aliphatic rings. The molecule has 0 saturated carbocycles. The van der Waals surface area contributed by atoms with Crippen LogP contribution < -0.4 is 5.73 Å². The number of aliphatic hydroxyl groups is 1. The Morgan fingerprint density at radius 1 is 1.75 bits per heavy atom. The minimum absolute atomic E-state index is 0.125. The first-order valence-corrected chi connectivity index (χ1v) is 4.42. The monoisotopic (exact) mass is 171 g/mol. The normalized spacial score (nSPS) is 30.3. The number of hydrogen-bond acceptors (Lipinski definition) is 2. The smallest absolute Gasteiger partial charge is 0.188 e. The van der Waals surface area contributed by atoms with Crippen molar-refractivity contribution in [2.24, 2.45) is 11.7 Å². The molecule has 0 radical (unpaired) electrons. The van der Waals surface area contributed by atoms with E-state index in [1.54, 1.807) is 0 Å². The summed E-state index contributed by atoms with van der Waals surface area (Å²) in [4.78, 5) is 1.82. The van der Waals surface area contributed by atoms with E-state index in [9.17, 15) is 5.11 Å². The SMILES string of the molecule is CC[C@@H]1CN(C(=N)N)CC[C@@H]1O. The Kier molecular flexibility index (Phi) is 2.92. The maximum absolute atomic E-state index is 9.53. The fourth-order valence-corrected chi connectivity index (χ4v) is 1.64. The Balaban J connectivity index is 2.49. The Labute approximate surface area is 72.9 Å². The van der Waals surface area contributed by atoms with Crippen molar-refractivity contribution in [1.82, 2.24) is 4.90 Å². The summed E-state index contributed by atoms with van der Waals surface area (Å²) < 4.78 is 0. The highest BCUT2D eigenvalue weighted by atomic mass is 16.3. The molecule has 1 saturated heterocycles. The summed E-state index contributed by atoms with van der Waals surface area (Å²) in [5.74, 6) is 0.406. The lowest BCUT2D eigenvalue weighted by Gasteiger charge is -2.35. The van der Waals surface area contributed by atoms with Crippen molar-refractivity contribution in [1.29, 1.82) is 5.41 Å². The van der Waals surface area contributed by atoms with Crippen LogP contribution in [0.3, 0.4) is 0 Å². The molecule has 1 fully saturated rings. The second-order valence-electron chi connectivity index (χ2n) is 3.36. The van der Waals surface area contributed by atoms with Crippen molar-refractivity contribution in [3.05, 3.63) is 0 Å². The van der Waals surface area contributed by atoms with Gasteiger partial charge in [0.2, 0.25) is 0 Å². The van der Waals surface area contributed by atoms with E-state index in [-0.39, 0.29) is 18.0 Å². The van der Waals surface area contributed by atoms with Crippen molar-refractivity contribution in [3.8, 4) is 0 Å². The van der Waals surface area contributed by atoms with Crippen LogP contribution in [0.2, 0.25) is 0 Å². The number of likely N-dealkylation sites (tertiary alicyclic amines) is 1. The highest BCUT2D eigenvalue weighted by molar-refractivity contribution is 5.74. The Morgan fingerprint density at radius 2 is 2.42 bits per heavy atom. The molecule has 0 aromatic heterocycles. The molecule has 4 nitrogen and oxygen atoms in total. The molecular weight excluding hydrogens is 154 g/mol. The van der Waals surface area contributed by atoms with Crippen LogP contribution in [0.5, 0.6) is 0 Å². The van der Waals surface area contributed by atoms with Gasteiger partial charge in [0.25, 0.3) is 0 Å². The number of guanidine groups is 1. The molecule has 1 heterocycles. The van der Waals surface area contributed by atoms with Gasteiger partial charge in [-0.3, -0.25) is 5.41 Å². The standard InChI is InChI=1S/C8H17N3O/c1-2-6-5-11(8(9)10)4-3-7(6)12/h6-7,12H,2-5H2,1H3,(H3,9,10)/t6-,7+/m1/s1. The van der Waals surface area contributed by atoms with E-state index in [4.69, 9.17) is 11.1 Å². The molecular formula is C8H17N3O. The van der Waals surface area contributed by atoms with Gasteiger partial charge in [-0.15, -0.1) is 0 Å². The summed E-state index contributed by atoms with van der Waals surface area (Å²) in [6.45, 7) is 3.50. The number of nitrogens with zero attached hydrogens (tertiary/aromatic N) is 1. The van der Waals surface area contributed by atoms with Crippen LogP contribution >= 0.6 is 0 Å². The first-order chi connectivity index (χ1) is 5.65. The number of aliphatic hydroxyl groups excluding tert-OH is 1. The van der Waals surface area contributed by atoms with Crippen LogP contribution in [0.25, 0.3) is 0 Å². The van der Waals surface area contributed by atoms with E-state index in [1.807, 2.05) is 4.90 Å². The molecule has 12 heavy (non-hydrogen) atoms. The molecule has 1 aliphatic heterocycles. The molecule has 4 N–H and O–H groups in total. The third-order valence-corrected chi connectivity index (χ3v) is 2.56. The lowest BCUT2D eigenvalue weighted by Crippen LogP contribution is -2.48. The van der Waals surface area contributed by atoms with Gasteiger partial charge in [-0.25, -0.2) is 0 Å². The number of hydrogen-bond donors (Lipinski definition) is 3. The number of rotatable bonds is 1. The number of piperidine rings is 1. The zero-order valence-corrected chi connectivity index (χ0v) is 7.45. The Bertz CT molecular complexity index is 172. The third-order valence-electron chi connectivity index (χ3n) is 2.56. The van der Waals surface area contributed by atoms with E-state index < -0.39 is 0 Å². The third kappa shape index (κ3) is 1.88. The summed E-state index contributed by atoms with van der Waals surface area (Å²) in [5, 5.41) is 16.8. The second-order valence-corrected chi connectivity index (χ2v) is 3.36. The first-order valence-electron chi connectivity index (χ1n) is 4.42. The van der Waals surface area contributed by atoms with Crippen LogP contribution in [0.4, 0.5) is 0 Å². The molecule has 70 valence electrons. The molecule has 2 atom stereocenters. The van der Waals surface area contributed by atoms with Gasteiger partial charge in [0, 0.05) is 19.0 Å². The van der Waals surface area contributed by atoms with Crippen molar-refractivity contribution < 1.29 is 5.11 Å². The molecule has 0 aromatic rings. The average molecular weight is 171 g/mol. The lowest BCUT2D eigenvalue weighted by molar-refractivity contribution is 0.0476. The van der Waals surface area contributed by atoms with E-state index >= 15 is 0 Å². The van der Waals surface area contributed by atoms with Gasteiger partial charge in [0.1, 0.15) is 0 Å². The minimum Gasteiger partial charge on any atom is -0.393 e. The minimum atomic E-state index is -0.203. The number of nitrogens with one attached hydrogen (secondary N) is 1.